The lowest BCUT2D eigenvalue weighted by molar-refractivity contribution is -0.386. The standard InChI is InChI=1S/C7H5F2N3O4/c8-6(9)2-1-3(12(15)16)5(13)4(11-2)7(10)14/h1,6,13H,(H2,10,14). The zero-order valence-electron chi connectivity index (χ0n) is 7.55. The van der Waals surface area contributed by atoms with Gasteiger partial charge >= 0.3 is 5.69 Å². The van der Waals surface area contributed by atoms with Crippen LogP contribution in [0.4, 0.5) is 14.5 Å². The van der Waals surface area contributed by atoms with Gasteiger partial charge in [-0.25, -0.2) is 13.8 Å². The van der Waals surface area contributed by atoms with Crippen LogP contribution in [-0.2, 0) is 0 Å². The first kappa shape index (κ1) is 11.8. The molecule has 0 aliphatic rings. The second kappa shape index (κ2) is 4.04. The van der Waals surface area contributed by atoms with E-state index in [4.69, 9.17) is 5.73 Å². The van der Waals surface area contributed by atoms with Crippen LogP contribution >= 0.6 is 0 Å². The van der Waals surface area contributed by atoms with E-state index >= 15 is 0 Å². The fraction of sp³-hybridized carbons (Fsp3) is 0.143. The van der Waals surface area contributed by atoms with Gasteiger partial charge in [0.25, 0.3) is 12.3 Å². The smallest absolute Gasteiger partial charge is 0.315 e. The number of halogens is 2. The molecule has 3 N–H and O–H groups in total. The van der Waals surface area contributed by atoms with E-state index in [1.54, 1.807) is 0 Å². The Morgan fingerprint density at radius 3 is 2.56 bits per heavy atom. The molecule has 0 aromatic carbocycles. The van der Waals surface area contributed by atoms with Crippen LogP contribution in [0.25, 0.3) is 0 Å². The number of amides is 1. The third-order valence-electron chi connectivity index (χ3n) is 1.65. The average Bonchev–Trinajstić information content (AvgIpc) is 2.16. The minimum absolute atomic E-state index is 0.381. The molecule has 0 radical (unpaired) electrons. The van der Waals surface area contributed by atoms with E-state index in [0.29, 0.717) is 6.07 Å². The number of rotatable bonds is 3. The fourth-order valence-corrected chi connectivity index (χ4v) is 0.967. The van der Waals surface area contributed by atoms with Crippen molar-refractivity contribution in [2.24, 2.45) is 5.73 Å². The quantitative estimate of drug-likeness (QED) is 0.589. The minimum atomic E-state index is -3.11. The van der Waals surface area contributed by atoms with Gasteiger partial charge in [0.2, 0.25) is 5.75 Å². The van der Waals surface area contributed by atoms with Crippen LogP contribution in [0, 0.1) is 10.1 Å². The van der Waals surface area contributed by atoms with Gasteiger partial charge in [0.1, 0.15) is 5.69 Å². The molecule has 1 aromatic heterocycles. The topological polar surface area (TPSA) is 119 Å². The Hall–Kier alpha value is -2.32. The largest absolute Gasteiger partial charge is 0.500 e. The molecule has 86 valence electrons. The van der Waals surface area contributed by atoms with Gasteiger partial charge in [-0.1, -0.05) is 0 Å². The molecule has 0 fully saturated rings. The van der Waals surface area contributed by atoms with Gasteiger partial charge in [-0.15, -0.1) is 0 Å². The number of carbonyl (C=O) groups is 1. The molecule has 0 saturated heterocycles. The van der Waals surface area contributed by atoms with Crippen LogP contribution < -0.4 is 5.73 Å². The Morgan fingerprint density at radius 1 is 1.62 bits per heavy atom. The van der Waals surface area contributed by atoms with E-state index in [1.807, 2.05) is 0 Å². The van der Waals surface area contributed by atoms with Gasteiger partial charge in [-0.2, -0.15) is 0 Å². The van der Waals surface area contributed by atoms with Crippen molar-refractivity contribution in [3.8, 4) is 5.75 Å². The van der Waals surface area contributed by atoms with E-state index in [9.17, 15) is 28.8 Å². The molecule has 0 aliphatic heterocycles. The first-order chi connectivity index (χ1) is 7.34. The normalized spacial score (nSPS) is 10.4. The van der Waals surface area contributed by atoms with Crippen LogP contribution in [0.1, 0.15) is 22.6 Å². The van der Waals surface area contributed by atoms with Gasteiger partial charge in [-0.3, -0.25) is 14.9 Å². The molecule has 0 aliphatic carbocycles. The van der Waals surface area contributed by atoms with Gasteiger partial charge < -0.3 is 10.8 Å². The van der Waals surface area contributed by atoms with Crippen molar-refractivity contribution >= 4 is 11.6 Å². The highest BCUT2D eigenvalue weighted by Crippen LogP contribution is 2.31. The van der Waals surface area contributed by atoms with Gasteiger partial charge in [-0.05, 0) is 0 Å². The lowest BCUT2D eigenvalue weighted by Gasteiger charge is -2.04. The number of pyridine rings is 1. The summed E-state index contributed by atoms with van der Waals surface area (Å²) in [5.74, 6) is -2.45. The molecule has 7 nitrogen and oxygen atoms in total. The summed E-state index contributed by atoms with van der Waals surface area (Å²) in [5.41, 5.74) is 1.73. The molecule has 9 heteroatoms. The highest BCUT2D eigenvalue weighted by atomic mass is 19.3. The lowest BCUT2D eigenvalue weighted by atomic mass is 10.2. The van der Waals surface area contributed by atoms with Gasteiger partial charge in [0.05, 0.1) is 4.92 Å². The van der Waals surface area contributed by atoms with E-state index in [2.05, 4.69) is 4.98 Å². The summed E-state index contributed by atoms with van der Waals surface area (Å²) in [6.45, 7) is 0. The number of alkyl halides is 2. The Labute approximate surface area is 86.7 Å². The van der Waals surface area contributed by atoms with Crippen LogP contribution in [0.2, 0.25) is 0 Å². The lowest BCUT2D eigenvalue weighted by Crippen LogP contribution is -2.15. The summed E-state index contributed by atoms with van der Waals surface area (Å²) in [6.07, 6.45) is -3.11. The molecule has 1 amide bonds. The molecule has 0 saturated carbocycles. The molecule has 1 heterocycles. The molecule has 0 bridgehead atoms. The second-order valence-corrected chi connectivity index (χ2v) is 2.69. The van der Waals surface area contributed by atoms with Crippen LogP contribution in [-0.4, -0.2) is 20.9 Å². The summed E-state index contributed by atoms with van der Waals surface area (Å²) < 4.78 is 24.5. The third kappa shape index (κ3) is 2.02. The van der Waals surface area contributed by atoms with Crippen molar-refractivity contribution in [1.29, 1.82) is 0 Å². The zero-order valence-corrected chi connectivity index (χ0v) is 7.55. The highest BCUT2D eigenvalue weighted by molar-refractivity contribution is 5.94. The molecule has 0 unspecified atom stereocenters. The highest BCUT2D eigenvalue weighted by Gasteiger charge is 2.26. The summed E-state index contributed by atoms with van der Waals surface area (Å²) in [7, 11) is 0. The number of nitro groups is 1. The molecular formula is C7H5F2N3O4. The van der Waals surface area contributed by atoms with Crippen molar-refractivity contribution in [2.45, 2.75) is 6.43 Å². The summed E-state index contributed by atoms with van der Waals surface area (Å²) in [5, 5.41) is 19.6. The third-order valence-corrected chi connectivity index (χ3v) is 1.65. The number of primary amides is 1. The minimum Gasteiger partial charge on any atom is -0.500 e. The first-order valence-corrected chi connectivity index (χ1v) is 3.80. The van der Waals surface area contributed by atoms with Crippen LogP contribution in [0.3, 0.4) is 0 Å². The summed E-state index contributed by atoms with van der Waals surface area (Å²) in [6, 6.07) is 0.381. The van der Waals surface area contributed by atoms with Crippen molar-refractivity contribution in [3.05, 3.63) is 27.6 Å². The number of aromatic nitrogens is 1. The van der Waals surface area contributed by atoms with E-state index in [1.165, 1.54) is 0 Å². The predicted octanol–water partition coefficient (Wildman–Crippen LogP) is 0.732. The van der Waals surface area contributed by atoms with E-state index in [-0.39, 0.29) is 0 Å². The van der Waals surface area contributed by atoms with Crippen LogP contribution in [0.15, 0.2) is 6.07 Å². The Balaban J connectivity index is 3.51. The van der Waals surface area contributed by atoms with Gasteiger partial charge in [0.15, 0.2) is 5.69 Å². The molecular weight excluding hydrogens is 228 g/mol. The van der Waals surface area contributed by atoms with Crippen molar-refractivity contribution in [2.75, 3.05) is 0 Å². The second-order valence-electron chi connectivity index (χ2n) is 2.69. The molecule has 1 aromatic rings. The summed E-state index contributed by atoms with van der Waals surface area (Å²) >= 11 is 0. The molecule has 0 spiro atoms. The number of carbonyl (C=O) groups excluding carboxylic acids is 1. The molecule has 1 rings (SSSR count). The SMILES string of the molecule is NC(=O)c1nc(C(F)F)cc([N+](=O)[O-])c1O. The number of hydrogen-bond acceptors (Lipinski definition) is 5. The van der Waals surface area contributed by atoms with Crippen molar-refractivity contribution in [1.82, 2.24) is 4.98 Å². The number of nitrogens with two attached hydrogens (primary N) is 1. The van der Waals surface area contributed by atoms with Gasteiger partial charge in [0, 0.05) is 6.07 Å². The molecule has 0 atom stereocenters. The maximum absolute atomic E-state index is 12.3. The number of hydrogen-bond donors (Lipinski definition) is 2. The Kier molecular flexibility index (Phi) is 2.97. The zero-order chi connectivity index (χ0) is 12.5. The fourth-order valence-electron chi connectivity index (χ4n) is 0.967. The first-order valence-electron chi connectivity index (χ1n) is 3.80. The Morgan fingerprint density at radius 2 is 2.19 bits per heavy atom. The monoisotopic (exact) mass is 233 g/mol. The molecule has 16 heavy (non-hydrogen) atoms. The van der Waals surface area contributed by atoms with E-state index < -0.39 is 40.1 Å². The number of aromatic hydroxyl groups is 1. The van der Waals surface area contributed by atoms with Crippen molar-refractivity contribution < 1.29 is 23.6 Å². The van der Waals surface area contributed by atoms with Crippen molar-refractivity contribution in [3.63, 3.8) is 0 Å². The summed E-state index contributed by atoms with van der Waals surface area (Å²) in [4.78, 5) is 23.0. The predicted molar refractivity (Wildman–Crippen MR) is 46.0 cm³/mol. The average molecular weight is 233 g/mol. The maximum atomic E-state index is 12.3. The van der Waals surface area contributed by atoms with E-state index in [0.717, 1.165) is 0 Å². The number of nitrogens with zero attached hydrogens (tertiary/aromatic N) is 2. The van der Waals surface area contributed by atoms with Crippen LogP contribution in [0.5, 0.6) is 5.75 Å². The Bertz CT molecular complexity index is 428. The maximum Gasteiger partial charge on any atom is 0.315 e.